The minimum atomic E-state index is 0.0749. The number of rotatable bonds is 3. The number of ether oxygens (including phenoxy) is 1. The summed E-state index contributed by atoms with van der Waals surface area (Å²) < 4.78 is 5.89. The molecule has 5 unspecified atom stereocenters. The van der Waals surface area contributed by atoms with Gasteiger partial charge in [-0.15, -0.1) is 0 Å². The zero-order valence-electron chi connectivity index (χ0n) is 11.9. The zero-order valence-corrected chi connectivity index (χ0v) is 11.9. The molecule has 1 aliphatic heterocycles. The summed E-state index contributed by atoms with van der Waals surface area (Å²) in [6.07, 6.45) is 1.63. The normalized spacial score (nSPS) is 33.6. The quantitative estimate of drug-likeness (QED) is 0.889. The molecule has 0 aromatic heterocycles. The average molecular weight is 247 g/mol. The molecule has 2 nitrogen and oxygen atoms in total. The van der Waals surface area contributed by atoms with Gasteiger partial charge < -0.3 is 10.5 Å². The SMILES string of the molecule is CCc1ccc(C(N)C2C(C)OC(C)C2C)cc1. The van der Waals surface area contributed by atoms with E-state index in [1.54, 1.807) is 0 Å². The summed E-state index contributed by atoms with van der Waals surface area (Å²) in [6.45, 7) is 8.71. The summed E-state index contributed by atoms with van der Waals surface area (Å²) >= 11 is 0. The van der Waals surface area contributed by atoms with Gasteiger partial charge in [-0.2, -0.15) is 0 Å². The van der Waals surface area contributed by atoms with Crippen LogP contribution in [-0.4, -0.2) is 12.2 Å². The molecule has 1 saturated heterocycles. The van der Waals surface area contributed by atoms with E-state index in [1.165, 1.54) is 11.1 Å². The van der Waals surface area contributed by atoms with Gasteiger partial charge in [0.1, 0.15) is 0 Å². The van der Waals surface area contributed by atoms with E-state index in [4.69, 9.17) is 10.5 Å². The third-order valence-electron chi connectivity index (χ3n) is 4.51. The Hall–Kier alpha value is -0.860. The lowest BCUT2D eigenvalue weighted by Crippen LogP contribution is -2.30. The maximum absolute atomic E-state index is 6.45. The molecule has 18 heavy (non-hydrogen) atoms. The maximum atomic E-state index is 6.45. The third-order valence-corrected chi connectivity index (χ3v) is 4.51. The molecule has 0 radical (unpaired) electrons. The van der Waals surface area contributed by atoms with Crippen molar-refractivity contribution in [3.8, 4) is 0 Å². The van der Waals surface area contributed by atoms with Gasteiger partial charge in [-0.05, 0) is 37.3 Å². The Bertz CT molecular complexity index is 387. The topological polar surface area (TPSA) is 35.2 Å². The van der Waals surface area contributed by atoms with Gasteiger partial charge in [-0.3, -0.25) is 0 Å². The van der Waals surface area contributed by atoms with E-state index in [0.29, 0.717) is 17.9 Å². The molecule has 1 aromatic carbocycles. The number of hydrogen-bond donors (Lipinski definition) is 1. The van der Waals surface area contributed by atoms with Crippen molar-refractivity contribution in [3.05, 3.63) is 35.4 Å². The van der Waals surface area contributed by atoms with Gasteiger partial charge in [0.25, 0.3) is 0 Å². The van der Waals surface area contributed by atoms with E-state index >= 15 is 0 Å². The van der Waals surface area contributed by atoms with Crippen LogP contribution in [0.2, 0.25) is 0 Å². The number of hydrogen-bond acceptors (Lipinski definition) is 2. The van der Waals surface area contributed by atoms with Gasteiger partial charge >= 0.3 is 0 Å². The van der Waals surface area contributed by atoms with E-state index < -0.39 is 0 Å². The third kappa shape index (κ3) is 2.45. The van der Waals surface area contributed by atoms with Crippen LogP contribution < -0.4 is 5.73 Å². The second-order valence-corrected chi connectivity index (χ2v) is 5.60. The summed E-state index contributed by atoms with van der Waals surface area (Å²) in [6, 6.07) is 8.79. The maximum Gasteiger partial charge on any atom is 0.0600 e. The van der Waals surface area contributed by atoms with Gasteiger partial charge in [0.15, 0.2) is 0 Å². The summed E-state index contributed by atoms with van der Waals surface area (Å²) in [5.74, 6) is 0.924. The lowest BCUT2D eigenvalue weighted by Gasteiger charge is -2.26. The molecule has 2 N–H and O–H groups in total. The van der Waals surface area contributed by atoms with Crippen molar-refractivity contribution in [3.63, 3.8) is 0 Å². The smallest absolute Gasteiger partial charge is 0.0600 e. The fourth-order valence-corrected chi connectivity index (χ4v) is 3.11. The van der Waals surface area contributed by atoms with Gasteiger partial charge in [0.2, 0.25) is 0 Å². The molecule has 0 amide bonds. The highest BCUT2D eigenvalue weighted by atomic mass is 16.5. The molecule has 1 aromatic rings. The fourth-order valence-electron chi connectivity index (χ4n) is 3.11. The van der Waals surface area contributed by atoms with E-state index in [0.717, 1.165) is 6.42 Å². The van der Waals surface area contributed by atoms with Crippen molar-refractivity contribution in [2.75, 3.05) is 0 Å². The first-order valence-electron chi connectivity index (χ1n) is 7.04. The van der Waals surface area contributed by atoms with Gasteiger partial charge in [0, 0.05) is 12.0 Å². The van der Waals surface area contributed by atoms with Crippen molar-refractivity contribution in [2.24, 2.45) is 17.6 Å². The first kappa shape index (κ1) is 13.6. The average Bonchev–Trinajstić information content (AvgIpc) is 2.63. The predicted octanol–water partition coefficient (Wildman–Crippen LogP) is 3.31. The van der Waals surface area contributed by atoms with Crippen molar-refractivity contribution in [1.82, 2.24) is 0 Å². The van der Waals surface area contributed by atoms with E-state index in [9.17, 15) is 0 Å². The van der Waals surface area contributed by atoms with Crippen LogP contribution in [0, 0.1) is 11.8 Å². The van der Waals surface area contributed by atoms with E-state index in [2.05, 4.69) is 52.0 Å². The highest BCUT2D eigenvalue weighted by Gasteiger charge is 2.40. The van der Waals surface area contributed by atoms with Crippen LogP contribution in [0.4, 0.5) is 0 Å². The van der Waals surface area contributed by atoms with Crippen LogP contribution in [-0.2, 0) is 11.2 Å². The van der Waals surface area contributed by atoms with Gasteiger partial charge in [-0.1, -0.05) is 38.1 Å². The molecular weight excluding hydrogens is 222 g/mol. The molecule has 1 heterocycles. The van der Waals surface area contributed by atoms with E-state index in [-0.39, 0.29) is 12.1 Å². The molecule has 0 spiro atoms. The Kier molecular flexibility index (Phi) is 4.08. The molecule has 1 aliphatic rings. The van der Waals surface area contributed by atoms with E-state index in [1.807, 2.05) is 0 Å². The molecule has 100 valence electrons. The van der Waals surface area contributed by atoms with Gasteiger partial charge in [-0.25, -0.2) is 0 Å². The van der Waals surface area contributed by atoms with Crippen LogP contribution in [0.1, 0.15) is 44.9 Å². The molecule has 5 atom stereocenters. The first-order chi connectivity index (χ1) is 8.54. The Labute approximate surface area is 111 Å². The summed E-state index contributed by atoms with van der Waals surface area (Å²) in [7, 11) is 0. The molecular formula is C16H25NO. The summed E-state index contributed by atoms with van der Waals surface area (Å²) in [4.78, 5) is 0. The largest absolute Gasteiger partial charge is 0.375 e. The Morgan fingerprint density at radius 1 is 1.11 bits per heavy atom. The Morgan fingerprint density at radius 2 is 1.72 bits per heavy atom. The van der Waals surface area contributed by atoms with Crippen LogP contribution >= 0.6 is 0 Å². The summed E-state index contributed by atoms with van der Waals surface area (Å²) in [5.41, 5.74) is 9.05. The molecule has 2 heteroatoms. The monoisotopic (exact) mass is 247 g/mol. The second kappa shape index (κ2) is 5.41. The lowest BCUT2D eigenvalue weighted by atomic mass is 9.81. The van der Waals surface area contributed by atoms with Crippen molar-refractivity contribution in [1.29, 1.82) is 0 Å². The highest BCUT2D eigenvalue weighted by Crippen LogP contribution is 2.39. The molecule has 1 fully saturated rings. The standard InChI is InChI=1S/C16H25NO/c1-5-13-6-8-14(9-7-13)16(17)15-10(2)11(3)18-12(15)4/h6-12,15-16H,5,17H2,1-4H3. The number of benzene rings is 1. The molecule has 0 bridgehead atoms. The van der Waals surface area contributed by atoms with Crippen LogP contribution in [0.5, 0.6) is 0 Å². The Morgan fingerprint density at radius 3 is 2.17 bits per heavy atom. The fraction of sp³-hybridized carbons (Fsp3) is 0.625. The Balaban J connectivity index is 2.17. The second-order valence-electron chi connectivity index (χ2n) is 5.60. The highest BCUT2D eigenvalue weighted by molar-refractivity contribution is 5.26. The number of nitrogens with two attached hydrogens (primary N) is 1. The van der Waals surface area contributed by atoms with Crippen molar-refractivity contribution >= 4 is 0 Å². The minimum absolute atomic E-state index is 0.0749. The molecule has 0 aliphatic carbocycles. The lowest BCUT2D eigenvalue weighted by molar-refractivity contribution is 0.0489. The van der Waals surface area contributed by atoms with Crippen LogP contribution in [0.25, 0.3) is 0 Å². The van der Waals surface area contributed by atoms with Crippen molar-refractivity contribution < 1.29 is 4.74 Å². The molecule has 2 rings (SSSR count). The van der Waals surface area contributed by atoms with Crippen molar-refractivity contribution in [2.45, 2.75) is 52.4 Å². The minimum Gasteiger partial charge on any atom is -0.375 e. The first-order valence-corrected chi connectivity index (χ1v) is 7.04. The van der Waals surface area contributed by atoms with Crippen LogP contribution in [0.15, 0.2) is 24.3 Å². The van der Waals surface area contributed by atoms with Gasteiger partial charge in [0.05, 0.1) is 12.2 Å². The van der Waals surface area contributed by atoms with Crippen LogP contribution in [0.3, 0.4) is 0 Å². The predicted molar refractivity (Wildman–Crippen MR) is 75.4 cm³/mol. The summed E-state index contributed by atoms with van der Waals surface area (Å²) in [5, 5.41) is 0. The molecule has 0 saturated carbocycles. The number of aryl methyl sites for hydroxylation is 1. The zero-order chi connectivity index (χ0) is 13.3.